The van der Waals surface area contributed by atoms with Gasteiger partial charge in [0.2, 0.25) is 5.88 Å². The molecule has 0 spiro atoms. The average molecular weight is 119 g/mol. The van der Waals surface area contributed by atoms with Crippen molar-refractivity contribution in [3.8, 4) is 0 Å². The monoisotopic (exact) mass is 119 g/mol. The largest absolute Gasteiger partial charge is 0.493 e. The van der Waals surface area contributed by atoms with Crippen LogP contribution in [0.3, 0.4) is 0 Å². The summed E-state index contributed by atoms with van der Waals surface area (Å²) in [6.45, 7) is 0. The van der Waals surface area contributed by atoms with Crippen LogP contribution in [0.2, 0.25) is 0 Å². The van der Waals surface area contributed by atoms with Crippen LogP contribution in [-0.2, 0) is 0 Å². The molecule has 4 heteroatoms. The van der Waals surface area contributed by atoms with Crippen molar-refractivity contribution in [3.05, 3.63) is 12.0 Å². The van der Waals surface area contributed by atoms with Gasteiger partial charge in [-0.1, -0.05) is 0 Å². The van der Waals surface area contributed by atoms with Gasteiger partial charge >= 0.3 is 0 Å². The molecule has 7 heavy (non-hydrogen) atoms. The van der Waals surface area contributed by atoms with Crippen molar-refractivity contribution in [1.82, 2.24) is 4.47 Å². The van der Waals surface area contributed by atoms with Crippen molar-refractivity contribution in [2.24, 2.45) is 0 Å². The van der Waals surface area contributed by atoms with Crippen molar-refractivity contribution < 1.29 is 10.3 Å². The van der Waals surface area contributed by atoms with E-state index in [0.717, 1.165) is 16.4 Å². The van der Waals surface area contributed by atoms with Gasteiger partial charge in [0.05, 0.1) is 0 Å². The molecule has 0 fully saturated rings. The fraction of sp³-hybridized carbons (Fsp3) is 0.333. The first kappa shape index (κ1) is 4.80. The highest BCUT2D eigenvalue weighted by Crippen LogP contribution is 2.18. The third kappa shape index (κ3) is 0.808. The fourth-order valence-corrected chi connectivity index (χ4v) is 0.898. The Morgan fingerprint density at radius 2 is 2.57 bits per heavy atom. The van der Waals surface area contributed by atoms with Gasteiger partial charge in [0.15, 0.2) is 0 Å². The van der Waals surface area contributed by atoms with Crippen LogP contribution in [0.25, 0.3) is 0 Å². The second-order valence-corrected chi connectivity index (χ2v) is 2.07. The minimum atomic E-state index is -0.0648. The van der Waals surface area contributed by atoms with E-state index in [4.69, 9.17) is 10.3 Å². The number of hydrogen-bond donors (Lipinski definition) is 2. The molecule has 1 aliphatic rings. The van der Waals surface area contributed by atoms with Gasteiger partial charge in [-0.2, -0.15) is 4.47 Å². The molecule has 0 saturated carbocycles. The topological polar surface area (TPSA) is 43.7 Å². The van der Waals surface area contributed by atoms with Crippen molar-refractivity contribution in [1.29, 1.82) is 0 Å². The molecule has 0 amide bonds. The molecule has 0 saturated heterocycles. The first-order valence-corrected chi connectivity index (χ1v) is 2.76. The lowest BCUT2D eigenvalue weighted by atomic mass is 10.7. The Morgan fingerprint density at radius 3 is 2.71 bits per heavy atom. The van der Waals surface area contributed by atoms with Crippen LogP contribution in [0.15, 0.2) is 12.0 Å². The summed E-state index contributed by atoms with van der Waals surface area (Å²) in [5.41, 5.74) is 0. The van der Waals surface area contributed by atoms with E-state index in [0.29, 0.717) is 5.75 Å². The molecule has 0 atom stereocenters. The Bertz CT molecular complexity index is 103. The smallest absolute Gasteiger partial charge is 0.218 e. The number of aliphatic hydroxyl groups is 1. The van der Waals surface area contributed by atoms with Gasteiger partial charge < -0.3 is 5.11 Å². The average Bonchev–Trinajstić information content (AvgIpc) is 1.91. The maximum absolute atomic E-state index is 8.51. The molecule has 2 N–H and O–H groups in total. The molecule has 0 bridgehead atoms. The Balaban J connectivity index is 2.54. The van der Waals surface area contributed by atoms with E-state index < -0.39 is 0 Å². The van der Waals surface area contributed by atoms with Gasteiger partial charge in [-0.25, -0.2) is 0 Å². The highest BCUT2D eigenvalue weighted by molar-refractivity contribution is 7.97. The molecule has 0 unspecified atom stereocenters. The molecule has 0 aromatic rings. The van der Waals surface area contributed by atoms with Crippen molar-refractivity contribution >= 4 is 11.9 Å². The third-order valence-electron chi connectivity index (χ3n) is 0.659. The molecular formula is C3H5NO2S. The highest BCUT2D eigenvalue weighted by Gasteiger charge is 2.09. The number of hydroxylamine groups is 1. The summed E-state index contributed by atoms with van der Waals surface area (Å²) in [4.78, 5) is 0. The highest BCUT2D eigenvalue weighted by atomic mass is 32.2. The maximum Gasteiger partial charge on any atom is 0.218 e. The molecule has 1 rings (SSSR count). The summed E-state index contributed by atoms with van der Waals surface area (Å²) < 4.78 is 0.736. The Kier molecular flexibility index (Phi) is 1.12. The summed E-state index contributed by atoms with van der Waals surface area (Å²) in [6, 6.07) is 0. The zero-order valence-corrected chi connectivity index (χ0v) is 4.35. The van der Waals surface area contributed by atoms with E-state index in [-0.39, 0.29) is 5.88 Å². The quantitative estimate of drug-likeness (QED) is 0.461. The van der Waals surface area contributed by atoms with Crippen LogP contribution in [-0.4, -0.2) is 20.5 Å². The van der Waals surface area contributed by atoms with Crippen molar-refractivity contribution in [2.45, 2.75) is 0 Å². The maximum atomic E-state index is 8.51. The van der Waals surface area contributed by atoms with Gasteiger partial charge in [0.25, 0.3) is 0 Å². The molecule has 0 aromatic carbocycles. The molecule has 40 valence electrons. The van der Waals surface area contributed by atoms with Crippen LogP contribution in [0.1, 0.15) is 0 Å². The van der Waals surface area contributed by atoms with E-state index in [1.165, 1.54) is 6.08 Å². The minimum absolute atomic E-state index is 0.0648. The second kappa shape index (κ2) is 1.63. The predicted molar refractivity (Wildman–Crippen MR) is 26.8 cm³/mol. The van der Waals surface area contributed by atoms with E-state index in [1.54, 1.807) is 0 Å². The molecular weight excluding hydrogens is 114 g/mol. The minimum Gasteiger partial charge on any atom is -0.493 e. The lowest BCUT2D eigenvalue weighted by Crippen LogP contribution is -2.02. The lowest BCUT2D eigenvalue weighted by molar-refractivity contribution is 0.00992. The number of nitrogens with zero attached hydrogens (tertiary/aromatic N) is 1. The van der Waals surface area contributed by atoms with E-state index in [2.05, 4.69) is 0 Å². The fourth-order valence-electron chi connectivity index (χ4n) is 0.327. The van der Waals surface area contributed by atoms with Crippen molar-refractivity contribution in [2.75, 3.05) is 5.75 Å². The lowest BCUT2D eigenvalue weighted by Gasteiger charge is -2.03. The Labute approximate surface area is 45.3 Å². The van der Waals surface area contributed by atoms with Crippen LogP contribution >= 0.6 is 11.9 Å². The van der Waals surface area contributed by atoms with Gasteiger partial charge in [-0.3, -0.25) is 5.21 Å². The molecule has 3 nitrogen and oxygen atoms in total. The van der Waals surface area contributed by atoms with Crippen molar-refractivity contribution in [3.63, 3.8) is 0 Å². The Morgan fingerprint density at radius 1 is 1.86 bits per heavy atom. The SMILES string of the molecule is OC1=CCSN1O. The zero-order chi connectivity index (χ0) is 5.28. The number of hydrogen-bond acceptors (Lipinski definition) is 4. The third-order valence-corrected chi connectivity index (χ3v) is 1.41. The van der Waals surface area contributed by atoms with E-state index >= 15 is 0 Å². The van der Waals surface area contributed by atoms with Gasteiger partial charge in [-0.15, -0.1) is 0 Å². The molecule has 0 aliphatic carbocycles. The van der Waals surface area contributed by atoms with Crippen LogP contribution in [0.4, 0.5) is 0 Å². The molecule has 0 radical (unpaired) electrons. The normalized spacial score (nSPS) is 20.1. The van der Waals surface area contributed by atoms with Crippen LogP contribution < -0.4 is 0 Å². The zero-order valence-electron chi connectivity index (χ0n) is 3.53. The first-order valence-electron chi connectivity index (χ1n) is 1.82. The van der Waals surface area contributed by atoms with Crippen LogP contribution in [0, 0.1) is 0 Å². The van der Waals surface area contributed by atoms with Gasteiger partial charge in [0, 0.05) is 5.75 Å². The van der Waals surface area contributed by atoms with Crippen LogP contribution in [0.5, 0.6) is 0 Å². The van der Waals surface area contributed by atoms with E-state index in [1.807, 2.05) is 0 Å². The first-order chi connectivity index (χ1) is 3.30. The number of aliphatic hydroxyl groups excluding tert-OH is 1. The summed E-state index contributed by atoms with van der Waals surface area (Å²) in [5, 5.41) is 17.0. The van der Waals surface area contributed by atoms with Gasteiger partial charge in [0.1, 0.15) is 0 Å². The summed E-state index contributed by atoms with van der Waals surface area (Å²) in [7, 11) is 0. The second-order valence-electron chi connectivity index (χ2n) is 1.13. The van der Waals surface area contributed by atoms with Gasteiger partial charge in [-0.05, 0) is 18.0 Å². The predicted octanol–water partition coefficient (Wildman–Crippen LogP) is 0.739. The molecule has 1 heterocycles. The standard InChI is InChI=1S/C3H5NO2S/c5-3-1-2-7-4(3)6/h1,5-6H,2H2. The summed E-state index contributed by atoms with van der Waals surface area (Å²) >= 11 is 1.15. The molecule has 0 aromatic heterocycles. The molecule has 1 aliphatic heterocycles. The summed E-state index contributed by atoms with van der Waals surface area (Å²) in [6.07, 6.45) is 1.53. The Hall–Kier alpha value is -0.350. The number of rotatable bonds is 0. The summed E-state index contributed by atoms with van der Waals surface area (Å²) in [5.74, 6) is 0.590. The van der Waals surface area contributed by atoms with E-state index in [9.17, 15) is 0 Å².